The molecular formula is C25H31N3O4S. The van der Waals surface area contributed by atoms with Gasteiger partial charge in [0.25, 0.3) is 0 Å². The molecule has 2 aromatic rings. The first-order chi connectivity index (χ1) is 15.8. The van der Waals surface area contributed by atoms with Gasteiger partial charge in [0.15, 0.2) is 0 Å². The van der Waals surface area contributed by atoms with Crippen LogP contribution < -0.4 is 9.62 Å². The number of hydrogen-bond donors (Lipinski definition) is 1. The maximum atomic E-state index is 13.4. The largest absolute Gasteiger partial charge is 0.341 e. The Morgan fingerprint density at radius 1 is 1.06 bits per heavy atom. The molecular weight excluding hydrogens is 438 g/mol. The van der Waals surface area contributed by atoms with Gasteiger partial charge in [-0.05, 0) is 68.4 Å². The van der Waals surface area contributed by atoms with E-state index in [4.69, 9.17) is 0 Å². The summed E-state index contributed by atoms with van der Waals surface area (Å²) in [7, 11) is -3.94. The molecule has 1 saturated heterocycles. The van der Waals surface area contributed by atoms with Crippen molar-refractivity contribution in [2.45, 2.75) is 62.9 Å². The molecule has 2 aromatic carbocycles. The van der Waals surface area contributed by atoms with Gasteiger partial charge in [-0.2, -0.15) is 4.72 Å². The lowest BCUT2D eigenvalue weighted by Crippen LogP contribution is -2.50. The zero-order valence-electron chi connectivity index (χ0n) is 19.2. The van der Waals surface area contributed by atoms with E-state index in [1.165, 1.54) is 13.0 Å². The van der Waals surface area contributed by atoms with Crippen LogP contribution in [0.3, 0.4) is 0 Å². The van der Waals surface area contributed by atoms with Gasteiger partial charge in [0.2, 0.25) is 21.8 Å². The molecule has 7 nitrogen and oxygen atoms in total. The van der Waals surface area contributed by atoms with E-state index in [-0.39, 0.29) is 29.2 Å². The van der Waals surface area contributed by atoms with E-state index in [0.717, 1.165) is 36.1 Å². The van der Waals surface area contributed by atoms with Crippen LogP contribution in [0.15, 0.2) is 53.4 Å². The number of benzene rings is 2. The van der Waals surface area contributed by atoms with E-state index in [9.17, 15) is 18.0 Å². The number of sulfonamides is 1. The lowest BCUT2D eigenvalue weighted by molar-refractivity contribution is -0.133. The Hall–Kier alpha value is -2.71. The van der Waals surface area contributed by atoms with Crippen LogP contribution in [-0.2, 0) is 32.5 Å². The van der Waals surface area contributed by atoms with Crippen molar-refractivity contribution < 1.29 is 18.0 Å². The van der Waals surface area contributed by atoms with Crippen molar-refractivity contribution in [3.63, 3.8) is 0 Å². The fraction of sp³-hybridized carbons (Fsp3) is 0.440. The monoisotopic (exact) mass is 469 g/mol. The van der Waals surface area contributed by atoms with Crippen LogP contribution in [-0.4, -0.2) is 50.3 Å². The van der Waals surface area contributed by atoms with Gasteiger partial charge in [0, 0.05) is 31.7 Å². The Balaban J connectivity index is 1.60. The molecule has 0 unspecified atom stereocenters. The third-order valence-electron chi connectivity index (χ3n) is 6.46. The maximum Gasteiger partial charge on any atom is 0.241 e. The molecule has 2 heterocycles. The summed E-state index contributed by atoms with van der Waals surface area (Å²) in [5.74, 6) is -0.246. The lowest BCUT2D eigenvalue weighted by atomic mass is 10.0. The van der Waals surface area contributed by atoms with Crippen LogP contribution in [0.25, 0.3) is 0 Å². The van der Waals surface area contributed by atoms with Crippen molar-refractivity contribution in [3.05, 3.63) is 59.7 Å². The van der Waals surface area contributed by atoms with Crippen molar-refractivity contribution in [1.29, 1.82) is 0 Å². The molecule has 0 saturated carbocycles. The van der Waals surface area contributed by atoms with E-state index in [1.54, 1.807) is 21.9 Å². The summed E-state index contributed by atoms with van der Waals surface area (Å²) < 4.78 is 29.4. The quantitative estimate of drug-likeness (QED) is 0.705. The number of nitrogens with one attached hydrogen (secondary N) is 1. The predicted octanol–water partition coefficient (Wildman–Crippen LogP) is 2.89. The van der Waals surface area contributed by atoms with Gasteiger partial charge in [0.1, 0.15) is 6.04 Å². The second-order valence-corrected chi connectivity index (χ2v) is 10.7. The summed E-state index contributed by atoms with van der Waals surface area (Å²) in [6.45, 7) is 4.77. The summed E-state index contributed by atoms with van der Waals surface area (Å²) in [6, 6.07) is 13.4. The maximum absolute atomic E-state index is 13.4. The molecule has 176 valence electrons. The van der Waals surface area contributed by atoms with Gasteiger partial charge < -0.3 is 9.80 Å². The SMILES string of the molecule is CC(=O)N1c2ccc(S(=O)(=O)N[C@H](Cc3ccccc3)C(=O)N3CCCCC3)cc2C[C@@H]1C. The minimum Gasteiger partial charge on any atom is -0.341 e. The third kappa shape index (κ3) is 5.12. The van der Waals surface area contributed by atoms with Crippen molar-refractivity contribution in [1.82, 2.24) is 9.62 Å². The predicted molar refractivity (Wildman–Crippen MR) is 127 cm³/mol. The summed E-state index contributed by atoms with van der Waals surface area (Å²) in [5.41, 5.74) is 2.47. The molecule has 33 heavy (non-hydrogen) atoms. The van der Waals surface area contributed by atoms with Crippen LogP contribution in [0.5, 0.6) is 0 Å². The number of anilines is 1. The molecule has 0 radical (unpaired) electrons. The van der Waals surface area contributed by atoms with Crippen molar-refractivity contribution in [3.8, 4) is 0 Å². The molecule has 0 aromatic heterocycles. The molecule has 0 aliphatic carbocycles. The highest BCUT2D eigenvalue weighted by Crippen LogP contribution is 2.34. The lowest BCUT2D eigenvalue weighted by Gasteiger charge is -2.30. The molecule has 1 fully saturated rings. The standard InChI is InChI=1S/C25H31N3O4S/c1-18-15-21-17-22(11-12-24(21)28(18)19(2)29)33(31,32)26-23(16-20-9-5-3-6-10-20)25(30)27-13-7-4-8-14-27/h3,5-6,9-12,17-18,23,26H,4,7-8,13-16H2,1-2H3/t18-,23+/m0/s1. The van der Waals surface area contributed by atoms with Gasteiger partial charge >= 0.3 is 0 Å². The van der Waals surface area contributed by atoms with Gasteiger partial charge in [-0.25, -0.2) is 8.42 Å². The molecule has 4 rings (SSSR count). The number of carbonyl (C=O) groups excluding carboxylic acids is 2. The average Bonchev–Trinajstić information content (AvgIpc) is 3.14. The van der Waals surface area contributed by atoms with E-state index in [0.29, 0.717) is 19.5 Å². The minimum absolute atomic E-state index is 0.0186. The highest BCUT2D eigenvalue weighted by Gasteiger charge is 2.33. The molecule has 2 aliphatic heterocycles. The van der Waals surface area contributed by atoms with E-state index in [1.807, 2.05) is 37.3 Å². The highest BCUT2D eigenvalue weighted by atomic mass is 32.2. The summed E-state index contributed by atoms with van der Waals surface area (Å²) in [6.07, 6.45) is 3.84. The Morgan fingerprint density at radius 3 is 2.42 bits per heavy atom. The second kappa shape index (κ2) is 9.65. The summed E-state index contributed by atoms with van der Waals surface area (Å²) >= 11 is 0. The summed E-state index contributed by atoms with van der Waals surface area (Å²) in [4.78, 5) is 28.9. The van der Waals surface area contributed by atoms with Crippen LogP contribution in [0.1, 0.15) is 44.2 Å². The first-order valence-electron chi connectivity index (χ1n) is 11.5. The number of piperidine rings is 1. The van der Waals surface area contributed by atoms with Crippen molar-refractivity contribution in [2.24, 2.45) is 0 Å². The number of amides is 2. The van der Waals surface area contributed by atoms with Gasteiger partial charge in [-0.3, -0.25) is 9.59 Å². The first kappa shape index (κ1) is 23.4. The second-order valence-electron chi connectivity index (χ2n) is 8.98. The first-order valence-corrected chi connectivity index (χ1v) is 13.0. The van der Waals surface area contributed by atoms with Crippen LogP contribution >= 0.6 is 0 Å². The molecule has 8 heteroatoms. The summed E-state index contributed by atoms with van der Waals surface area (Å²) in [5, 5.41) is 0. The normalized spacial score (nSPS) is 19.3. The fourth-order valence-corrected chi connectivity index (χ4v) is 6.11. The minimum atomic E-state index is -3.94. The van der Waals surface area contributed by atoms with Gasteiger partial charge in [-0.1, -0.05) is 30.3 Å². The Kier molecular flexibility index (Phi) is 6.86. The van der Waals surface area contributed by atoms with Crippen LogP contribution in [0.2, 0.25) is 0 Å². The smallest absolute Gasteiger partial charge is 0.241 e. The Bertz CT molecular complexity index is 1130. The van der Waals surface area contributed by atoms with Crippen LogP contribution in [0.4, 0.5) is 5.69 Å². The molecule has 0 bridgehead atoms. The van der Waals surface area contributed by atoms with E-state index < -0.39 is 16.1 Å². The zero-order valence-corrected chi connectivity index (χ0v) is 20.0. The van der Waals surface area contributed by atoms with Gasteiger partial charge in [0.05, 0.1) is 4.90 Å². The number of hydrogen-bond acceptors (Lipinski definition) is 4. The van der Waals surface area contributed by atoms with Crippen LogP contribution in [0, 0.1) is 0 Å². The molecule has 2 atom stereocenters. The van der Waals surface area contributed by atoms with Crippen molar-refractivity contribution >= 4 is 27.5 Å². The van der Waals surface area contributed by atoms with Gasteiger partial charge in [-0.15, -0.1) is 0 Å². The number of nitrogens with zero attached hydrogens (tertiary/aromatic N) is 2. The number of carbonyl (C=O) groups is 2. The zero-order chi connectivity index (χ0) is 23.6. The van der Waals surface area contributed by atoms with Crippen molar-refractivity contribution in [2.75, 3.05) is 18.0 Å². The van der Waals surface area contributed by atoms with E-state index >= 15 is 0 Å². The molecule has 0 spiro atoms. The number of fused-ring (bicyclic) bond motifs is 1. The average molecular weight is 470 g/mol. The molecule has 2 amide bonds. The third-order valence-corrected chi connectivity index (χ3v) is 7.93. The highest BCUT2D eigenvalue weighted by molar-refractivity contribution is 7.89. The Labute approximate surface area is 195 Å². The molecule has 2 aliphatic rings. The number of rotatable bonds is 6. The Morgan fingerprint density at radius 2 is 1.76 bits per heavy atom. The van der Waals surface area contributed by atoms with E-state index in [2.05, 4.69) is 4.72 Å². The molecule has 1 N–H and O–H groups in total. The topological polar surface area (TPSA) is 86.8 Å². The fourth-order valence-electron chi connectivity index (χ4n) is 4.87. The number of likely N-dealkylation sites (tertiary alicyclic amines) is 1.